The summed E-state index contributed by atoms with van der Waals surface area (Å²) in [6.45, 7) is 2.82. The number of hydrogen-bond donors (Lipinski definition) is 0. The quantitative estimate of drug-likeness (QED) is 0.215. The van der Waals surface area contributed by atoms with Crippen molar-refractivity contribution in [3.8, 4) is 0 Å². The van der Waals surface area contributed by atoms with Gasteiger partial charge in [-0.15, -0.1) is 0 Å². The van der Waals surface area contributed by atoms with E-state index < -0.39 is 5.79 Å². The van der Waals surface area contributed by atoms with Gasteiger partial charge in [-0.3, -0.25) is 0 Å². The van der Waals surface area contributed by atoms with E-state index in [4.69, 9.17) is 19.6 Å². The lowest BCUT2D eigenvalue weighted by molar-refractivity contribution is -0.531. The molecular formula is C22H41IO4. The molecule has 0 amide bonds. The molecule has 0 bridgehead atoms. The Morgan fingerprint density at radius 1 is 0.593 bits per heavy atom. The molecule has 5 heteroatoms. The number of rotatable bonds is 1. The molecule has 1 saturated carbocycles. The molecule has 2 fully saturated rings. The third-order valence-electron chi connectivity index (χ3n) is 5.94. The first-order valence-electron chi connectivity index (χ1n) is 11.4. The molecule has 0 radical (unpaired) electrons. The van der Waals surface area contributed by atoms with E-state index in [1.54, 1.807) is 0 Å². The average molecular weight is 496 g/mol. The molecule has 1 aliphatic heterocycles. The highest BCUT2D eigenvalue weighted by Gasteiger charge is 2.38. The van der Waals surface area contributed by atoms with Crippen LogP contribution in [-0.2, 0) is 19.6 Å². The van der Waals surface area contributed by atoms with Crippen LogP contribution in [0.1, 0.15) is 116 Å². The maximum atomic E-state index is 6.14. The second kappa shape index (κ2) is 13.7. The lowest BCUT2D eigenvalue weighted by Crippen LogP contribution is -2.41. The maximum absolute atomic E-state index is 6.14. The van der Waals surface area contributed by atoms with Gasteiger partial charge < -0.3 is 0 Å². The summed E-state index contributed by atoms with van der Waals surface area (Å²) in [4.78, 5) is 23.9. The number of halogens is 1. The molecule has 1 saturated heterocycles. The SMILES string of the molecule is CC1(CI)CCCCCCCOOC2(CCCCCCCCCCC2)OO1. The van der Waals surface area contributed by atoms with Crippen molar-refractivity contribution in [3.63, 3.8) is 0 Å². The fourth-order valence-electron chi connectivity index (χ4n) is 3.98. The zero-order chi connectivity index (χ0) is 19.3. The van der Waals surface area contributed by atoms with Gasteiger partial charge in [0.05, 0.1) is 6.61 Å². The van der Waals surface area contributed by atoms with Gasteiger partial charge in [0.2, 0.25) is 5.79 Å². The predicted molar refractivity (Wildman–Crippen MR) is 118 cm³/mol. The van der Waals surface area contributed by atoms with E-state index >= 15 is 0 Å². The van der Waals surface area contributed by atoms with Gasteiger partial charge in [0.1, 0.15) is 5.60 Å². The highest BCUT2D eigenvalue weighted by atomic mass is 127. The Kier molecular flexibility index (Phi) is 12.1. The predicted octanol–water partition coefficient (Wildman–Crippen LogP) is 7.43. The number of hydrogen-bond acceptors (Lipinski definition) is 4. The molecule has 160 valence electrons. The lowest BCUT2D eigenvalue weighted by Gasteiger charge is -2.35. The van der Waals surface area contributed by atoms with Crippen molar-refractivity contribution in [2.45, 2.75) is 127 Å². The minimum atomic E-state index is -0.750. The summed E-state index contributed by atoms with van der Waals surface area (Å²) in [5.74, 6) is -0.750. The van der Waals surface area contributed by atoms with E-state index in [1.807, 2.05) is 0 Å². The molecule has 27 heavy (non-hydrogen) atoms. The molecule has 1 atom stereocenters. The van der Waals surface area contributed by atoms with Gasteiger partial charge in [-0.2, -0.15) is 9.78 Å². The van der Waals surface area contributed by atoms with Crippen molar-refractivity contribution in [2.24, 2.45) is 0 Å². The van der Waals surface area contributed by atoms with Crippen molar-refractivity contribution in [2.75, 3.05) is 11.0 Å². The Balaban J connectivity index is 2.05. The minimum absolute atomic E-state index is 0.255. The molecule has 2 aliphatic rings. The maximum Gasteiger partial charge on any atom is 0.234 e. The second-order valence-corrected chi connectivity index (χ2v) is 9.53. The molecule has 1 unspecified atom stereocenters. The van der Waals surface area contributed by atoms with Crippen LogP contribution < -0.4 is 0 Å². The number of alkyl halides is 1. The van der Waals surface area contributed by atoms with E-state index in [0.717, 1.165) is 43.0 Å². The fraction of sp³-hybridized carbons (Fsp3) is 1.00. The van der Waals surface area contributed by atoms with Gasteiger partial charge in [0.25, 0.3) is 0 Å². The van der Waals surface area contributed by atoms with Crippen LogP contribution in [0, 0.1) is 0 Å². The molecular weight excluding hydrogens is 455 g/mol. The van der Waals surface area contributed by atoms with Crippen molar-refractivity contribution in [1.82, 2.24) is 0 Å². The first-order chi connectivity index (χ1) is 13.2. The van der Waals surface area contributed by atoms with Crippen molar-refractivity contribution in [1.29, 1.82) is 0 Å². The Labute approximate surface area is 180 Å². The van der Waals surface area contributed by atoms with Gasteiger partial charge in [0.15, 0.2) is 0 Å². The summed E-state index contributed by atoms with van der Waals surface area (Å²) in [6.07, 6.45) is 20.1. The Bertz CT molecular complexity index is 367. The Morgan fingerprint density at radius 2 is 1.07 bits per heavy atom. The summed E-state index contributed by atoms with van der Waals surface area (Å²) in [5.41, 5.74) is -0.255. The van der Waals surface area contributed by atoms with E-state index in [1.165, 1.54) is 70.6 Å². The topological polar surface area (TPSA) is 36.9 Å². The molecule has 1 aliphatic carbocycles. The van der Waals surface area contributed by atoms with Crippen molar-refractivity contribution >= 4 is 22.6 Å². The van der Waals surface area contributed by atoms with Gasteiger partial charge >= 0.3 is 0 Å². The van der Waals surface area contributed by atoms with Crippen LogP contribution >= 0.6 is 22.6 Å². The van der Waals surface area contributed by atoms with Crippen LogP contribution in [0.2, 0.25) is 0 Å². The van der Waals surface area contributed by atoms with Gasteiger partial charge in [-0.25, -0.2) is 9.78 Å². The normalized spacial score (nSPS) is 30.9. The average Bonchev–Trinajstić information content (AvgIpc) is 2.68. The Morgan fingerprint density at radius 3 is 1.63 bits per heavy atom. The van der Waals surface area contributed by atoms with Crippen LogP contribution in [-0.4, -0.2) is 22.4 Å². The molecule has 1 spiro atoms. The molecule has 0 aromatic heterocycles. The minimum Gasteiger partial charge on any atom is -0.234 e. The molecule has 0 aromatic rings. The largest absolute Gasteiger partial charge is 0.234 e. The monoisotopic (exact) mass is 496 g/mol. The first-order valence-corrected chi connectivity index (χ1v) is 12.9. The van der Waals surface area contributed by atoms with Crippen molar-refractivity contribution in [3.05, 3.63) is 0 Å². The van der Waals surface area contributed by atoms with E-state index in [0.29, 0.717) is 6.61 Å². The lowest BCUT2D eigenvalue weighted by atomic mass is 9.97. The summed E-state index contributed by atoms with van der Waals surface area (Å²) in [6, 6.07) is 0. The molecule has 0 N–H and O–H groups in total. The zero-order valence-corrected chi connectivity index (χ0v) is 19.6. The molecule has 2 rings (SSSR count). The van der Waals surface area contributed by atoms with Crippen LogP contribution in [0.15, 0.2) is 0 Å². The summed E-state index contributed by atoms with van der Waals surface area (Å²) in [5, 5.41) is 0. The van der Waals surface area contributed by atoms with Crippen LogP contribution in [0.25, 0.3) is 0 Å². The van der Waals surface area contributed by atoms with Crippen molar-refractivity contribution < 1.29 is 19.6 Å². The smallest absolute Gasteiger partial charge is 0.234 e. The van der Waals surface area contributed by atoms with E-state index in [2.05, 4.69) is 29.5 Å². The highest BCUT2D eigenvalue weighted by Crippen LogP contribution is 2.34. The summed E-state index contributed by atoms with van der Waals surface area (Å²) in [7, 11) is 0. The third kappa shape index (κ3) is 9.75. The van der Waals surface area contributed by atoms with E-state index in [9.17, 15) is 0 Å². The first kappa shape index (κ1) is 23.8. The van der Waals surface area contributed by atoms with Crippen LogP contribution in [0.5, 0.6) is 0 Å². The van der Waals surface area contributed by atoms with Crippen LogP contribution in [0.4, 0.5) is 0 Å². The molecule has 1 heterocycles. The Hall–Kier alpha value is 0.570. The molecule has 0 aromatic carbocycles. The van der Waals surface area contributed by atoms with Crippen LogP contribution in [0.3, 0.4) is 0 Å². The summed E-state index contributed by atoms with van der Waals surface area (Å²) < 4.78 is 0.918. The fourth-order valence-corrected chi connectivity index (χ4v) is 4.49. The third-order valence-corrected chi connectivity index (χ3v) is 7.55. The van der Waals surface area contributed by atoms with Gasteiger partial charge in [-0.05, 0) is 32.6 Å². The van der Waals surface area contributed by atoms with Gasteiger partial charge in [0, 0.05) is 17.3 Å². The summed E-state index contributed by atoms with van der Waals surface area (Å²) >= 11 is 2.42. The molecule has 4 nitrogen and oxygen atoms in total. The highest BCUT2D eigenvalue weighted by molar-refractivity contribution is 14.1. The standard InChI is InChI=1S/C22H41IO4/c1-21(20-23)16-12-8-7-11-15-19-24-26-22(27-25-21)17-13-9-5-3-2-4-6-10-14-18-22/h2-20H2,1H3. The van der Waals surface area contributed by atoms with E-state index in [-0.39, 0.29) is 5.60 Å². The zero-order valence-electron chi connectivity index (χ0n) is 17.4. The second-order valence-electron chi connectivity index (χ2n) is 8.77. The van der Waals surface area contributed by atoms with Gasteiger partial charge in [-0.1, -0.05) is 93.2 Å².